The van der Waals surface area contributed by atoms with Crippen LogP contribution in [0.3, 0.4) is 0 Å². The number of piperidine rings is 1. The number of hydrogen-bond donors (Lipinski definition) is 1. The molecule has 2 rings (SSSR count). The summed E-state index contributed by atoms with van der Waals surface area (Å²) in [7, 11) is 0. The summed E-state index contributed by atoms with van der Waals surface area (Å²) in [5, 5.41) is 3.29. The number of Topliss-reactive ketones (excluding diaryl/α,β-unsaturated/α-hetero) is 1. The molecule has 0 aromatic carbocycles. The van der Waals surface area contributed by atoms with E-state index in [-0.39, 0.29) is 5.41 Å². The molecule has 0 spiro atoms. The van der Waals surface area contributed by atoms with Gasteiger partial charge in [-0.25, -0.2) is 0 Å². The highest BCUT2D eigenvalue weighted by Gasteiger charge is 2.33. The lowest BCUT2D eigenvalue weighted by atomic mass is 9.75. The molecule has 1 aliphatic rings. The van der Waals surface area contributed by atoms with Crippen LogP contribution in [0, 0.1) is 5.41 Å². The van der Waals surface area contributed by atoms with Crippen molar-refractivity contribution in [1.29, 1.82) is 0 Å². The second-order valence-electron chi connectivity index (χ2n) is 4.77. The van der Waals surface area contributed by atoms with Crippen LogP contribution in [0.5, 0.6) is 0 Å². The van der Waals surface area contributed by atoms with Crippen LogP contribution in [-0.2, 0) is 11.2 Å². The van der Waals surface area contributed by atoms with Crippen LogP contribution >= 0.6 is 0 Å². The van der Waals surface area contributed by atoms with Gasteiger partial charge >= 0.3 is 0 Å². The molecule has 0 amide bonds. The van der Waals surface area contributed by atoms with E-state index in [4.69, 9.17) is 0 Å². The fraction of sp³-hybridized carbons (Fsp3) is 0.538. The van der Waals surface area contributed by atoms with Gasteiger partial charge in [-0.1, -0.05) is 13.0 Å². The summed E-state index contributed by atoms with van der Waals surface area (Å²) in [6.07, 6.45) is 5.94. The topological polar surface area (TPSA) is 42.0 Å². The molecule has 0 radical (unpaired) electrons. The summed E-state index contributed by atoms with van der Waals surface area (Å²) in [6, 6.07) is 3.85. The number of nitrogens with zero attached hydrogens (tertiary/aromatic N) is 1. The number of nitrogens with one attached hydrogen (secondary N) is 1. The van der Waals surface area contributed by atoms with Gasteiger partial charge in [0, 0.05) is 24.2 Å². The van der Waals surface area contributed by atoms with Gasteiger partial charge in [0.15, 0.2) is 0 Å². The third-order valence-corrected chi connectivity index (χ3v) is 3.47. The van der Waals surface area contributed by atoms with E-state index < -0.39 is 0 Å². The number of pyridine rings is 1. The summed E-state index contributed by atoms with van der Waals surface area (Å²) in [4.78, 5) is 16.3. The zero-order valence-corrected chi connectivity index (χ0v) is 9.70. The first-order valence-corrected chi connectivity index (χ1v) is 5.84. The minimum atomic E-state index is -0.138. The summed E-state index contributed by atoms with van der Waals surface area (Å²) in [5.74, 6) is 0.349. The van der Waals surface area contributed by atoms with Gasteiger partial charge in [-0.15, -0.1) is 0 Å². The van der Waals surface area contributed by atoms with Gasteiger partial charge in [-0.2, -0.15) is 0 Å². The third kappa shape index (κ3) is 2.47. The molecule has 1 aromatic heterocycles. The summed E-state index contributed by atoms with van der Waals surface area (Å²) < 4.78 is 0. The Labute approximate surface area is 96.3 Å². The Balaban J connectivity index is 2.02. The Kier molecular flexibility index (Phi) is 3.34. The van der Waals surface area contributed by atoms with Crippen molar-refractivity contribution in [2.45, 2.75) is 26.2 Å². The molecule has 0 saturated carbocycles. The minimum absolute atomic E-state index is 0.138. The predicted octanol–water partition coefficient (Wildman–Crippen LogP) is 1.58. The second-order valence-corrected chi connectivity index (χ2v) is 4.77. The van der Waals surface area contributed by atoms with Crippen molar-refractivity contribution in [3.63, 3.8) is 0 Å². The molecule has 0 bridgehead atoms. The Morgan fingerprint density at radius 3 is 2.88 bits per heavy atom. The SMILES string of the molecule is CC1(C(=O)Cc2cccnc2)CCNCC1. The zero-order chi connectivity index (χ0) is 11.4. The van der Waals surface area contributed by atoms with Gasteiger partial charge in [-0.05, 0) is 37.6 Å². The molecule has 16 heavy (non-hydrogen) atoms. The fourth-order valence-electron chi connectivity index (χ4n) is 2.16. The smallest absolute Gasteiger partial charge is 0.143 e. The molecule has 3 heteroatoms. The third-order valence-electron chi connectivity index (χ3n) is 3.47. The van der Waals surface area contributed by atoms with Crippen molar-refractivity contribution in [1.82, 2.24) is 10.3 Å². The van der Waals surface area contributed by atoms with Crippen LogP contribution in [-0.4, -0.2) is 23.9 Å². The van der Waals surface area contributed by atoms with Crippen LogP contribution in [0.2, 0.25) is 0 Å². The van der Waals surface area contributed by atoms with Gasteiger partial charge in [0.05, 0.1) is 0 Å². The van der Waals surface area contributed by atoms with Crippen LogP contribution in [0.4, 0.5) is 0 Å². The first kappa shape index (κ1) is 11.3. The van der Waals surface area contributed by atoms with E-state index in [1.807, 2.05) is 12.1 Å². The van der Waals surface area contributed by atoms with E-state index in [1.165, 1.54) is 0 Å². The van der Waals surface area contributed by atoms with E-state index in [0.29, 0.717) is 12.2 Å². The maximum Gasteiger partial charge on any atom is 0.143 e. The molecular weight excluding hydrogens is 200 g/mol. The van der Waals surface area contributed by atoms with Crippen molar-refractivity contribution in [3.05, 3.63) is 30.1 Å². The lowest BCUT2D eigenvalue weighted by molar-refractivity contribution is -0.128. The molecule has 0 aliphatic carbocycles. The van der Waals surface area contributed by atoms with Crippen molar-refractivity contribution in [2.75, 3.05) is 13.1 Å². The zero-order valence-electron chi connectivity index (χ0n) is 9.70. The highest BCUT2D eigenvalue weighted by atomic mass is 16.1. The van der Waals surface area contributed by atoms with Crippen LogP contribution in [0.25, 0.3) is 0 Å². The average Bonchev–Trinajstić information content (AvgIpc) is 2.31. The Morgan fingerprint density at radius 1 is 1.50 bits per heavy atom. The van der Waals surface area contributed by atoms with Gasteiger partial charge < -0.3 is 5.32 Å². The Morgan fingerprint density at radius 2 is 2.25 bits per heavy atom. The molecule has 1 fully saturated rings. The molecule has 1 aromatic rings. The molecule has 1 saturated heterocycles. The van der Waals surface area contributed by atoms with Crippen LogP contribution < -0.4 is 5.32 Å². The minimum Gasteiger partial charge on any atom is -0.317 e. The lowest BCUT2D eigenvalue weighted by Gasteiger charge is -2.32. The summed E-state index contributed by atoms with van der Waals surface area (Å²) in [6.45, 7) is 4.00. The van der Waals surface area contributed by atoms with Crippen molar-refractivity contribution in [2.24, 2.45) is 5.41 Å². The van der Waals surface area contributed by atoms with Crippen LogP contribution in [0.15, 0.2) is 24.5 Å². The second kappa shape index (κ2) is 4.74. The van der Waals surface area contributed by atoms with Crippen molar-refractivity contribution >= 4 is 5.78 Å². The number of ketones is 1. The molecular formula is C13H18N2O. The van der Waals surface area contributed by atoms with Crippen molar-refractivity contribution < 1.29 is 4.79 Å². The summed E-state index contributed by atoms with van der Waals surface area (Å²) >= 11 is 0. The first-order valence-electron chi connectivity index (χ1n) is 5.84. The molecule has 0 atom stereocenters. The van der Waals surface area contributed by atoms with E-state index in [1.54, 1.807) is 12.4 Å². The van der Waals surface area contributed by atoms with Crippen molar-refractivity contribution in [3.8, 4) is 0 Å². The average molecular weight is 218 g/mol. The maximum absolute atomic E-state index is 12.2. The largest absolute Gasteiger partial charge is 0.317 e. The van der Waals surface area contributed by atoms with Gasteiger partial charge in [0.1, 0.15) is 5.78 Å². The monoisotopic (exact) mass is 218 g/mol. The standard InChI is InChI=1S/C13H18N2O/c1-13(4-7-14-8-5-13)12(16)9-11-3-2-6-15-10-11/h2-3,6,10,14H,4-5,7-9H2,1H3. The summed E-state index contributed by atoms with van der Waals surface area (Å²) in [5.41, 5.74) is 0.883. The normalized spacial score (nSPS) is 19.3. The first-order chi connectivity index (χ1) is 7.71. The predicted molar refractivity (Wildman–Crippen MR) is 63.2 cm³/mol. The van der Waals surface area contributed by atoms with E-state index in [0.717, 1.165) is 31.5 Å². The van der Waals surface area contributed by atoms with Gasteiger partial charge in [0.25, 0.3) is 0 Å². The van der Waals surface area contributed by atoms with Gasteiger partial charge in [0.2, 0.25) is 0 Å². The molecule has 1 N–H and O–H groups in total. The molecule has 1 aliphatic heterocycles. The molecule has 2 heterocycles. The lowest BCUT2D eigenvalue weighted by Crippen LogP contribution is -2.40. The fourth-order valence-corrected chi connectivity index (χ4v) is 2.16. The van der Waals surface area contributed by atoms with E-state index >= 15 is 0 Å². The Hall–Kier alpha value is -1.22. The van der Waals surface area contributed by atoms with Gasteiger partial charge in [-0.3, -0.25) is 9.78 Å². The quantitative estimate of drug-likeness (QED) is 0.837. The molecule has 86 valence electrons. The number of hydrogen-bond acceptors (Lipinski definition) is 3. The highest BCUT2D eigenvalue weighted by Crippen LogP contribution is 2.30. The van der Waals surface area contributed by atoms with Crippen LogP contribution in [0.1, 0.15) is 25.3 Å². The number of carbonyl (C=O) groups is 1. The number of rotatable bonds is 3. The van der Waals surface area contributed by atoms with E-state index in [9.17, 15) is 4.79 Å². The maximum atomic E-state index is 12.2. The van der Waals surface area contributed by atoms with E-state index in [2.05, 4.69) is 17.2 Å². The highest BCUT2D eigenvalue weighted by molar-refractivity contribution is 5.86. The Bertz CT molecular complexity index is 355. The number of carbonyl (C=O) groups excluding carboxylic acids is 1. The molecule has 3 nitrogen and oxygen atoms in total. The molecule has 0 unspecified atom stereocenters. The number of aromatic nitrogens is 1.